The number of carbonyl (C=O) groups is 1. The van der Waals surface area contributed by atoms with Crippen LogP contribution in [0.25, 0.3) is 10.8 Å². The van der Waals surface area contributed by atoms with E-state index < -0.39 is 5.97 Å². The third-order valence-electron chi connectivity index (χ3n) is 3.52. The molecule has 3 aromatic carbocycles. The molecule has 0 aliphatic carbocycles. The second kappa shape index (κ2) is 6.45. The smallest absolute Gasteiger partial charge is 0.342 e. The summed E-state index contributed by atoms with van der Waals surface area (Å²) in [5.74, 6) is -0.932. The third kappa shape index (κ3) is 2.96. The maximum absolute atomic E-state index is 12.4. The zero-order valence-corrected chi connectivity index (χ0v) is 14.1. The fourth-order valence-corrected chi connectivity index (χ4v) is 2.94. The lowest BCUT2D eigenvalue weighted by atomic mass is 10.0. The van der Waals surface area contributed by atoms with Gasteiger partial charge in [0.1, 0.15) is 23.7 Å². The molecule has 3 aromatic rings. The van der Waals surface area contributed by atoms with Crippen molar-refractivity contribution in [2.45, 2.75) is 6.61 Å². The number of phenols is 2. The molecular weight excluding hydrogens is 407 g/mol. The van der Waals surface area contributed by atoms with Crippen molar-refractivity contribution in [3.63, 3.8) is 0 Å². The molecule has 0 radical (unpaired) electrons. The van der Waals surface area contributed by atoms with Crippen LogP contribution in [0.15, 0.2) is 54.6 Å². The van der Waals surface area contributed by atoms with Crippen molar-refractivity contribution in [2.75, 3.05) is 0 Å². The fraction of sp³-hybridized carbons (Fsp3) is 0.0556. The summed E-state index contributed by atoms with van der Waals surface area (Å²) in [5.41, 5.74) is 0.928. The molecule has 0 saturated heterocycles. The van der Waals surface area contributed by atoms with Crippen molar-refractivity contribution in [1.82, 2.24) is 0 Å². The molecule has 0 saturated carbocycles. The minimum absolute atomic E-state index is 0.0432. The van der Waals surface area contributed by atoms with Crippen molar-refractivity contribution in [1.29, 1.82) is 0 Å². The molecule has 116 valence electrons. The van der Waals surface area contributed by atoms with Crippen molar-refractivity contribution >= 4 is 39.3 Å². The van der Waals surface area contributed by atoms with E-state index in [4.69, 9.17) is 4.74 Å². The first-order valence-electron chi connectivity index (χ1n) is 6.92. The largest absolute Gasteiger partial charge is 0.506 e. The van der Waals surface area contributed by atoms with Crippen LogP contribution < -0.4 is 0 Å². The Labute approximate surface area is 146 Å². The minimum Gasteiger partial charge on any atom is -0.506 e. The maximum Gasteiger partial charge on any atom is 0.342 e. The summed E-state index contributed by atoms with van der Waals surface area (Å²) in [4.78, 5) is 12.4. The highest BCUT2D eigenvalue weighted by Crippen LogP contribution is 2.40. The zero-order chi connectivity index (χ0) is 16.4. The number of hydrogen-bond acceptors (Lipinski definition) is 4. The highest BCUT2D eigenvalue weighted by Gasteiger charge is 2.23. The van der Waals surface area contributed by atoms with Crippen LogP contribution in [0.3, 0.4) is 0 Å². The summed E-state index contributed by atoms with van der Waals surface area (Å²) in [5, 5.41) is 21.4. The first-order valence-corrected chi connectivity index (χ1v) is 8.00. The van der Waals surface area contributed by atoms with E-state index in [1.165, 1.54) is 0 Å². The highest BCUT2D eigenvalue weighted by molar-refractivity contribution is 14.1. The zero-order valence-electron chi connectivity index (χ0n) is 12.0. The van der Waals surface area contributed by atoms with E-state index in [0.29, 0.717) is 10.8 Å². The number of halogens is 1. The predicted octanol–water partition coefficient (Wildman–Crippen LogP) is 4.21. The average Bonchev–Trinajstić information content (AvgIpc) is 2.59. The third-order valence-corrected chi connectivity index (χ3v) is 4.54. The Morgan fingerprint density at radius 3 is 2.22 bits per heavy atom. The summed E-state index contributed by atoms with van der Waals surface area (Å²) < 4.78 is 5.54. The Morgan fingerprint density at radius 2 is 1.52 bits per heavy atom. The van der Waals surface area contributed by atoms with Crippen molar-refractivity contribution in [3.8, 4) is 11.5 Å². The van der Waals surface area contributed by atoms with E-state index in [9.17, 15) is 15.0 Å². The Balaban J connectivity index is 2.00. The second-order valence-corrected chi connectivity index (χ2v) is 6.07. The molecule has 0 aliphatic heterocycles. The first-order chi connectivity index (χ1) is 11.1. The van der Waals surface area contributed by atoms with E-state index in [1.807, 2.05) is 52.9 Å². The number of benzene rings is 3. The number of fused-ring (bicyclic) bond motifs is 1. The van der Waals surface area contributed by atoms with Gasteiger partial charge in [-0.05, 0) is 28.2 Å². The SMILES string of the molecule is O=C(OCc1ccccc1)c1c(O)c(I)c(O)c2ccccc12. The molecule has 5 heteroatoms. The summed E-state index contributed by atoms with van der Waals surface area (Å²) in [6.45, 7) is 0.116. The normalized spacial score (nSPS) is 10.7. The Bertz CT molecular complexity index is 875. The number of ether oxygens (including phenoxy) is 1. The first kappa shape index (κ1) is 15.6. The lowest BCUT2D eigenvalue weighted by Crippen LogP contribution is -2.07. The molecule has 0 aliphatic rings. The van der Waals surface area contributed by atoms with Gasteiger partial charge in [-0.3, -0.25) is 0 Å². The average molecular weight is 420 g/mol. The molecule has 0 spiro atoms. The van der Waals surface area contributed by atoms with Gasteiger partial charge in [0.25, 0.3) is 0 Å². The monoisotopic (exact) mass is 420 g/mol. The Morgan fingerprint density at radius 1 is 0.913 bits per heavy atom. The van der Waals surface area contributed by atoms with Crippen molar-refractivity contribution in [2.24, 2.45) is 0 Å². The van der Waals surface area contributed by atoms with Crippen LogP contribution in [0.1, 0.15) is 15.9 Å². The molecule has 0 heterocycles. The highest BCUT2D eigenvalue weighted by atomic mass is 127. The molecule has 23 heavy (non-hydrogen) atoms. The number of aromatic hydroxyl groups is 2. The lowest BCUT2D eigenvalue weighted by Gasteiger charge is -2.12. The van der Waals surface area contributed by atoms with Crippen LogP contribution in [-0.2, 0) is 11.3 Å². The van der Waals surface area contributed by atoms with Gasteiger partial charge in [-0.2, -0.15) is 0 Å². The van der Waals surface area contributed by atoms with Gasteiger partial charge in [0.05, 0.1) is 3.57 Å². The Kier molecular flexibility index (Phi) is 4.38. The second-order valence-electron chi connectivity index (χ2n) is 4.99. The van der Waals surface area contributed by atoms with Gasteiger partial charge >= 0.3 is 5.97 Å². The number of carbonyl (C=O) groups excluding carboxylic acids is 1. The lowest BCUT2D eigenvalue weighted by molar-refractivity contribution is 0.0472. The summed E-state index contributed by atoms with van der Waals surface area (Å²) in [7, 11) is 0. The number of rotatable bonds is 3. The molecule has 0 atom stereocenters. The van der Waals surface area contributed by atoms with Crippen LogP contribution in [0.2, 0.25) is 0 Å². The number of hydrogen-bond donors (Lipinski definition) is 2. The molecule has 0 unspecified atom stereocenters. The molecule has 2 N–H and O–H groups in total. The summed E-state index contributed by atoms with van der Waals surface area (Å²) in [6.07, 6.45) is 0. The van der Waals surface area contributed by atoms with E-state index in [2.05, 4.69) is 0 Å². The summed E-state index contributed by atoms with van der Waals surface area (Å²) in [6, 6.07) is 16.2. The van der Waals surface area contributed by atoms with Gasteiger partial charge in [-0.25, -0.2) is 4.79 Å². The molecule has 0 amide bonds. The van der Waals surface area contributed by atoms with Gasteiger partial charge < -0.3 is 14.9 Å². The number of phenolic OH excluding ortho intramolecular Hbond substituents is 2. The molecule has 4 nitrogen and oxygen atoms in total. The van der Waals surface area contributed by atoms with E-state index in [1.54, 1.807) is 24.3 Å². The predicted molar refractivity (Wildman–Crippen MR) is 95.6 cm³/mol. The van der Waals surface area contributed by atoms with Crippen LogP contribution in [-0.4, -0.2) is 16.2 Å². The van der Waals surface area contributed by atoms with Crippen molar-refractivity contribution < 1.29 is 19.7 Å². The van der Waals surface area contributed by atoms with E-state index >= 15 is 0 Å². The Hall–Kier alpha value is -2.28. The van der Waals surface area contributed by atoms with Gasteiger partial charge in [-0.15, -0.1) is 0 Å². The molecule has 0 fully saturated rings. The van der Waals surface area contributed by atoms with Crippen molar-refractivity contribution in [3.05, 3.63) is 69.3 Å². The van der Waals surface area contributed by atoms with Crippen LogP contribution >= 0.6 is 22.6 Å². The van der Waals surface area contributed by atoms with E-state index in [-0.39, 0.29) is 27.2 Å². The van der Waals surface area contributed by atoms with E-state index in [0.717, 1.165) is 5.56 Å². The van der Waals surface area contributed by atoms with Crippen LogP contribution in [0.4, 0.5) is 0 Å². The fourth-order valence-electron chi connectivity index (χ4n) is 2.38. The van der Waals surface area contributed by atoms with Gasteiger partial charge in [-0.1, -0.05) is 54.6 Å². The standard InChI is InChI=1S/C18H13IO4/c19-15-16(20)13-9-5-4-8-12(13)14(17(15)21)18(22)23-10-11-6-2-1-3-7-11/h1-9,20-21H,10H2. The number of esters is 1. The van der Waals surface area contributed by atoms with Gasteiger partial charge in [0.15, 0.2) is 0 Å². The quantitative estimate of drug-likeness (QED) is 0.492. The molecule has 0 bridgehead atoms. The minimum atomic E-state index is -0.625. The van der Waals surface area contributed by atoms with Gasteiger partial charge in [0, 0.05) is 10.8 Å². The van der Waals surface area contributed by atoms with Crippen LogP contribution in [0.5, 0.6) is 11.5 Å². The van der Waals surface area contributed by atoms with Gasteiger partial charge in [0.2, 0.25) is 0 Å². The topological polar surface area (TPSA) is 66.8 Å². The maximum atomic E-state index is 12.4. The van der Waals surface area contributed by atoms with Crippen LogP contribution in [0, 0.1) is 3.57 Å². The molecule has 3 rings (SSSR count). The molecular formula is C18H13IO4. The summed E-state index contributed by atoms with van der Waals surface area (Å²) >= 11 is 1.81. The molecule has 0 aromatic heterocycles.